The van der Waals surface area contributed by atoms with Crippen LogP contribution in [0.15, 0.2) is 164 Å². The third kappa shape index (κ3) is 9.19. The van der Waals surface area contributed by atoms with Gasteiger partial charge in [0.2, 0.25) is 0 Å². The van der Waals surface area contributed by atoms with E-state index < -0.39 is 0 Å². The lowest BCUT2D eigenvalue weighted by molar-refractivity contribution is 0.481. The third-order valence-electron chi connectivity index (χ3n) is 8.78. The van der Waals surface area contributed by atoms with Gasteiger partial charge in [0.25, 0.3) is 0 Å². The lowest BCUT2D eigenvalue weighted by atomic mass is 9.91. The fourth-order valence-corrected chi connectivity index (χ4v) is 6.30. The van der Waals surface area contributed by atoms with Crippen molar-refractivity contribution in [1.29, 1.82) is 0 Å². The Morgan fingerprint density at radius 3 is 1.98 bits per heavy atom. The predicted octanol–water partition coefficient (Wildman–Crippen LogP) is 13.7. The van der Waals surface area contributed by atoms with Crippen molar-refractivity contribution in [2.45, 2.75) is 40.5 Å². The second kappa shape index (κ2) is 17.0. The standard InChI is InChI=1S/C47H44O.C2H2/c1-33-15-9-10-17-34(2)25-38(19-12-11-16-33)41-26-35(3)27-42(31-41)39-20-14-21-40(30-39)43-28-36(4)29-44(32-43)46-24-13-18-37(5)47(46)48-45-22-7-6-8-23-45;1-2/h6-15,17-24,26-33H,2,16,25H2,1,3-5H3;1-2H/b12-11-,15-9-,17-10-,38-19+;. The minimum Gasteiger partial charge on any atom is -0.456 e. The van der Waals surface area contributed by atoms with Crippen molar-refractivity contribution in [3.63, 3.8) is 0 Å². The summed E-state index contributed by atoms with van der Waals surface area (Å²) in [4.78, 5) is 0. The number of ether oxygens (including phenoxy) is 1. The maximum Gasteiger partial charge on any atom is 0.138 e. The highest BCUT2D eigenvalue weighted by molar-refractivity contribution is 5.82. The Morgan fingerprint density at radius 2 is 1.26 bits per heavy atom. The van der Waals surface area contributed by atoms with Crippen LogP contribution >= 0.6 is 0 Å². The quantitative estimate of drug-likeness (QED) is 0.166. The van der Waals surface area contributed by atoms with E-state index >= 15 is 0 Å². The molecule has 0 saturated heterocycles. The van der Waals surface area contributed by atoms with Gasteiger partial charge in [-0.15, -0.1) is 12.8 Å². The fourth-order valence-electron chi connectivity index (χ4n) is 6.30. The summed E-state index contributed by atoms with van der Waals surface area (Å²) in [5.41, 5.74) is 14.2. The number of hydrogen-bond acceptors (Lipinski definition) is 1. The fraction of sp³-hybridized carbons (Fsp3) is 0.143. The zero-order chi connectivity index (χ0) is 35.5. The zero-order valence-electron chi connectivity index (χ0n) is 29.7. The van der Waals surface area contributed by atoms with Gasteiger partial charge in [-0.05, 0) is 126 Å². The van der Waals surface area contributed by atoms with Gasteiger partial charge in [-0.1, -0.05) is 140 Å². The molecule has 1 nitrogen and oxygen atoms in total. The van der Waals surface area contributed by atoms with Crippen LogP contribution in [0.5, 0.6) is 11.5 Å². The zero-order valence-corrected chi connectivity index (χ0v) is 29.7. The van der Waals surface area contributed by atoms with Crippen molar-refractivity contribution in [2.24, 2.45) is 5.92 Å². The Balaban J connectivity index is 0.00000239. The van der Waals surface area contributed by atoms with Crippen molar-refractivity contribution >= 4 is 5.57 Å². The molecular weight excluding hydrogens is 605 g/mol. The largest absolute Gasteiger partial charge is 0.456 e. The van der Waals surface area contributed by atoms with Crippen molar-refractivity contribution < 1.29 is 4.74 Å². The molecule has 0 bridgehead atoms. The summed E-state index contributed by atoms with van der Waals surface area (Å²) in [6, 6.07) is 39.0. The van der Waals surface area contributed by atoms with Crippen molar-refractivity contribution in [1.82, 2.24) is 0 Å². The van der Waals surface area contributed by atoms with E-state index in [0.29, 0.717) is 5.92 Å². The first-order valence-electron chi connectivity index (χ1n) is 17.2. The molecule has 0 heterocycles. The molecule has 0 aliphatic heterocycles. The molecule has 0 amide bonds. The van der Waals surface area contributed by atoms with Crippen LogP contribution in [0.25, 0.3) is 39.0 Å². The summed E-state index contributed by atoms with van der Waals surface area (Å²) in [5.74, 6) is 2.22. The van der Waals surface area contributed by atoms with Crippen LogP contribution in [0.3, 0.4) is 0 Å². The Labute approximate surface area is 299 Å². The Kier molecular flexibility index (Phi) is 12.1. The number of para-hydroxylation sites is 2. The van der Waals surface area contributed by atoms with Crippen LogP contribution in [-0.2, 0) is 0 Å². The molecule has 0 saturated carbocycles. The average molecular weight is 651 g/mol. The molecule has 0 aromatic heterocycles. The molecule has 5 aromatic carbocycles. The number of rotatable bonds is 6. The Morgan fingerprint density at radius 1 is 0.640 bits per heavy atom. The molecule has 0 spiro atoms. The van der Waals surface area contributed by atoms with Crippen molar-refractivity contribution in [3.05, 3.63) is 186 Å². The van der Waals surface area contributed by atoms with E-state index in [9.17, 15) is 0 Å². The molecule has 6 rings (SSSR count). The monoisotopic (exact) mass is 650 g/mol. The Hall–Kier alpha value is -5.84. The molecule has 5 aromatic rings. The van der Waals surface area contributed by atoms with Crippen LogP contribution in [0.2, 0.25) is 0 Å². The van der Waals surface area contributed by atoms with E-state index in [1.165, 1.54) is 44.5 Å². The van der Waals surface area contributed by atoms with Gasteiger partial charge in [0.05, 0.1) is 0 Å². The topological polar surface area (TPSA) is 9.23 Å². The van der Waals surface area contributed by atoms with E-state index in [4.69, 9.17) is 4.74 Å². The molecule has 1 unspecified atom stereocenters. The first-order valence-corrected chi connectivity index (χ1v) is 17.2. The molecule has 1 aliphatic carbocycles. The average Bonchev–Trinajstić information content (AvgIpc) is 3.12. The summed E-state index contributed by atoms with van der Waals surface area (Å²) in [5, 5.41) is 0. The summed E-state index contributed by atoms with van der Waals surface area (Å²) in [6.45, 7) is 13.1. The molecule has 248 valence electrons. The van der Waals surface area contributed by atoms with Gasteiger partial charge < -0.3 is 4.74 Å². The van der Waals surface area contributed by atoms with E-state index in [-0.39, 0.29) is 0 Å². The molecule has 0 radical (unpaired) electrons. The lowest BCUT2D eigenvalue weighted by Gasteiger charge is -2.16. The maximum atomic E-state index is 6.46. The van der Waals surface area contributed by atoms with Gasteiger partial charge >= 0.3 is 0 Å². The second-order valence-corrected chi connectivity index (χ2v) is 13.0. The number of benzene rings is 5. The third-order valence-corrected chi connectivity index (χ3v) is 8.78. The summed E-state index contributed by atoms with van der Waals surface area (Å²) >= 11 is 0. The van der Waals surface area contributed by atoms with E-state index in [0.717, 1.165) is 46.6 Å². The van der Waals surface area contributed by atoms with Crippen LogP contribution in [-0.4, -0.2) is 0 Å². The van der Waals surface area contributed by atoms with E-state index in [2.05, 4.69) is 169 Å². The van der Waals surface area contributed by atoms with Crippen LogP contribution < -0.4 is 4.74 Å². The SMILES string of the molecule is C#C.C=C1/C=C\C=C/C(C)C/C=C\C=C(\c2cc(C)cc(-c3cccc(-c4cc(C)cc(-c5cccc(C)c5Oc5ccccc5)c4)c3)c2)C1. The second-order valence-electron chi connectivity index (χ2n) is 13.0. The molecule has 1 aliphatic rings. The van der Waals surface area contributed by atoms with Gasteiger partial charge in [0.1, 0.15) is 11.5 Å². The van der Waals surface area contributed by atoms with Gasteiger partial charge in [0, 0.05) is 5.56 Å². The summed E-state index contributed by atoms with van der Waals surface area (Å²) in [6.07, 6.45) is 25.2. The normalized spacial score (nSPS) is 17.4. The predicted molar refractivity (Wildman–Crippen MR) is 216 cm³/mol. The highest BCUT2D eigenvalue weighted by Crippen LogP contribution is 2.39. The van der Waals surface area contributed by atoms with Gasteiger partial charge in [-0.2, -0.15) is 0 Å². The molecule has 50 heavy (non-hydrogen) atoms. The van der Waals surface area contributed by atoms with E-state index in [1.54, 1.807) is 0 Å². The minimum absolute atomic E-state index is 0.499. The van der Waals surface area contributed by atoms with Gasteiger partial charge in [-0.3, -0.25) is 0 Å². The van der Waals surface area contributed by atoms with Crippen LogP contribution in [0.4, 0.5) is 0 Å². The first-order chi connectivity index (χ1) is 24.3. The van der Waals surface area contributed by atoms with Crippen molar-refractivity contribution in [3.8, 4) is 57.7 Å². The molecule has 0 fully saturated rings. The molecule has 1 atom stereocenters. The number of hydrogen-bond donors (Lipinski definition) is 0. The minimum atomic E-state index is 0.499. The summed E-state index contributed by atoms with van der Waals surface area (Å²) in [7, 11) is 0. The van der Waals surface area contributed by atoms with Crippen molar-refractivity contribution in [2.75, 3.05) is 0 Å². The lowest BCUT2D eigenvalue weighted by Crippen LogP contribution is -1.93. The Bertz CT molecular complexity index is 2100. The van der Waals surface area contributed by atoms with Gasteiger partial charge in [0.15, 0.2) is 0 Å². The number of allylic oxidation sites excluding steroid dienone is 9. The number of aryl methyl sites for hydroxylation is 3. The number of terminal acetylenes is 1. The molecule has 0 N–H and O–H groups in total. The highest BCUT2D eigenvalue weighted by atomic mass is 16.5. The van der Waals surface area contributed by atoms with Crippen LogP contribution in [0.1, 0.15) is 42.0 Å². The molecular formula is C49H46O. The van der Waals surface area contributed by atoms with Gasteiger partial charge in [-0.25, -0.2) is 0 Å². The summed E-state index contributed by atoms with van der Waals surface area (Å²) < 4.78 is 6.46. The smallest absolute Gasteiger partial charge is 0.138 e. The first kappa shape index (κ1) is 35.5. The maximum absolute atomic E-state index is 6.46. The van der Waals surface area contributed by atoms with Crippen LogP contribution in [0, 0.1) is 39.5 Å². The highest BCUT2D eigenvalue weighted by Gasteiger charge is 2.14. The van der Waals surface area contributed by atoms with E-state index in [1.807, 2.05) is 30.3 Å². The molecule has 1 heteroatoms.